The highest BCUT2D eigenvalue weighted by atomic mass is 16.2. The number of rotatable bonds is 7. The molecule has 1 aromatic heterocycles. The van der Waals surface area contributed by atoms with E-state index in [4.69, 9.17) is 4.99 Å². The number of nitrogens with zero attached hydrogens (tertiary/aromatic N) is 4. The summed E-state index contributed by atoms with van der Waals surface area (Å²) in [6.07, 6.45) is 7.37. The number of anilines is 1. The summed E-state index contributed by atoms with van der Waals surface area (Å²) < 4.78 is 0. The van der Waals surface area contributed by atoms with Gasteiger partial charge >= 0.3 is 0 Å². The van der Waals surface area contributed by atoms with Crippen LogP contribution in [0.2, 0.25) is 0 Å². The first-order valence-corrected chi connectivity index (χ1v) is 11.5. The molecule has 2 aromatic rings. The molecule has 6 heteroatoms. The third-order valence-corrected chi connectivity index (χ3v) is 6.36. The predicted octanol–water partition coefficient (Wildman–Crippen LogP) is 3.51. The van der Waals surface area contributed by atoms with Crippen LogP contribution in [0, 0.1) is 6.92 Å². The lowest BCUT2D eigenvalue weighted by molar-refractivity contribution is -0.127. The smallest absolute Gasteiger partial charge is 0.222 e. The van der Waals surface area contributed by atoms with Gasteiger partial charge in [-0.25, -0.2) is 0 Å². The summed E-state index contributed by atoms with van der Waals surface area (Å²) in [7, 11) is 0. The maximum absolute atomic E-state index is 12.0. The summed E-state index contributed by atoms with van der Waals surface area (Å²) in [5.41, 5.74) is 5.11. The van der Waals surface area contributed by atoms with Crippen LogP contribution in [0.1, 0.15) is 48.8 Å². The lowest BCUT2D eigenvalue weighted by atomic mass is 9.98. The monoisotopic (exact) mass is 419 g/mol. The molecule has 1 atom stereocenters. The Hall–Kier alpha value is -2.89. The van der Waals surface area contributed by atoms with Gasteiger partial charge in [0.2, 0.25) is 5.91 Å². The van der Waals surface area contributed by atoms with Crippen molar-refractivity contribution < 1.29 is 4.79 Å². The van der Waals surface area contributed by atoms with E-state index in [9.17, 15) is 4.79 Å². The van der Waals surface area contributed by atoms with Crippen molar-refractivity contribution in [2.24, 2.45) is 4.99 Å². The Bertz CT molecular complexity index is 941. The summed E-state index contributed by atoms with van der Waals surface area (Å²) >= 11 is 0. The summed E-state index contributed by atoms with van der Waals surface area (Å²) in [4.78, 5) is 25.5. The molecule has 31 heavy (non-hydrogen) atoms. The van der Waals surface area contributed by atoms with Crippen molar-refractivity contribution in [3.8, 4) is 0 Å². The average molecular weight is 420 g/mol. The molecule has 1 aromatic carbocycles. The molecule has 1 amide bonds. The van der Waals surface area contributed by atoms with Gasteiger partial charge in [0.15, 0.2) is 5.96 Å². The van der Waals surface area contributed by atoms with E-state index in [-0.39, 0.29) is 0 Å². The molecule has 1 N–H and O–H groups in total. The van der Waals surface area contributed by atoms with Gasteiger partial charge in [0, 0.05) is 63.1 Å². The van der Waals surface area contributed by atoms with E-state index in [1.54, 1.807) is 0 Å². The van der Waals surface area contributed by atoms with E-state index in [1.807, 2.05) is 17.3 Å². The molecule has 164 valence electrons. The Balaban J connectivity index is 1.47. The first kappa shape index (κ1) is 21.3. The molecular weight excluding hydrogens is 386 g/mol. The van der Waals surface area contributed by atoms with Crippen molar-refractivity contribution in [1.29, 1.82) is 0 Å². The number of benzene rings is 1. The van der Waals surface area contributed by atoms with Crippen molar-refractivity contribution in [3.63, 3.8) is 0 Å². The second kappa shape index (κ2) is 9.94. The van der Waals surface area contributed by atoms with Crippen molar-refractivity contribution in [3.05, 3.63) is 59.4 Å². The highest BCUT2D eigenvalue weighted by Gasteiger charge is 2.32. The van der Waals surface area contributed by atoms with Gasteiger partial charge in [-0.2, -0.15) is 0 Å². The summed E-state index contributed by atoms with van der Waals surface area (Å²) in [5, 5.41) is 3.49. The molecule has 1 unspecified atom stereocenters. The molecule has 0 radical (unpaired) electrons. The van der Waals surface area contributed by atoms with Crippen molar-refractivity contribution >= 4 is 17.6 Å². The molecule has 1 saturated heterocycles. The number of para-hydroxylation sites is 1. The zero-order valence-electron chi connectivity index (χ0n) is 18.7. The number of carbonyl (C=O) groups is 1. The van der Waals surface area contributed by atoms with Gasteiger partial charge in [0.05, 0.1) is 0 Å². The minimum absolute atomic E-state index is 0.310. The van der Waals surface area contributed by atoms with E-state index >= 15 is 0 Å². The highest BCUT2D eigenvalue weighted by molar-refractivity contribution is 5.98. The fraction of sp³-hybridized carbons (Fsp3) is 0.480. The number of hydrogen-bond donors (Lipinski definition) is 1. The largest absolute Gasteiger partial charge is 0.356 e. The van der Waals surface area contributed by atoms with Crippen LogP contribution in [-0.4, -0.2) is 54.5 Å². The van der Waals surface area contributed by atoms with Crippen LogP contribution in [0.3, 0.4) is 0 Å². The van der Waals surface area contributed by atoms with Crippen LogP contribution in [0.25, 0.3) is 0 Å². The summed E-state index contributed by atoms with van der Waals surface area (Å²) in [6.45, 7) is 8.44. The van der Waals surface area contributed by atoms with Gasteiger partial charge in [0.1, 0.15) is 0 Å². The molecule has 0 bridgehead atoms. The molecule has 0 spiro atoms. The van der Waals surface area contributed by atoms with E-state index < -0.39 is 0 Å². The number of amides is 1. The molecule has 4 rings (SSSR count). The molecule has 2 aliphatic rings. The van der Waals surface area contributed by atoms with Crippen molar-refractivity contribution in [2.45, 2.75) is 45.4 Å². The normalized spacial score (nSPS) is 18.6. The van der Waals surface area contributed by atoms with Gasteiger partial charge < -0.3 is 15.1 Å². The van der Waals surface area contributed by atoms with Crippen LogP contribution >= 0.6 is 0 Å². The number of guanidine groups is 1. The van der Waals surface area contributed by atoms with E-state index in [0.29, 0.717) is 18.2 Å². The fourth-order valence-corrected chi connectivity index (χ4v) is 4.65. The quantitative estimate of drug-likeness (QED) is 0.551. The Morgan fingerprint density at radius 2 is 2.16 bits per heavy atom. The Labute approximate surface area is 185 Å². The third-order valence-electron chi connectivity index (χ3n) is 6.36. The second-order valence-electron chi connectivity index (χ2n) is 8.43. The van der Waals surface area contributed by atoms with Gasteiger partial charge in [-0.15, -0.1) is 0 Å². The zero-order chi connectivity index (χ0) is 21.6. The number of aromatic nitrogens is 1. The molecule has 0 saturated carbocycles. The van der Waals surface area contributed by atoms with Crippen LogP contribution in [0.4, 0.5) is 5.69 Å². The first-order valence-electron chi connectivity index (χ1n) is 11.5. The van der Waals surface area contributed by atoms with Crippen LogP contribution in [-0.2, 0) is 11.2 Å². The van der Waals surface area contributed by atoms with E-state index in [2.05, 4.69) is 59.4 Å². The van der Waals surface area contributed by atoms with Crippen LogP contribution < -0.4 is 10.2 Å². The number of carbonyl (C=O) groups excluding carboxylic acids is 1. The number of likely N-dealkylation sites (tertiary alicyclic amines) is 1. The molecule has 0 aliphatic carbocycles. The lowest BCUT2D eigenvalue weighted by Gasteiger charge is -2.23. The topological polar surface area (TPSA) is 60.8 Å². The molecule has 2 aliphatic heterocycles. The maximum Gasteiger partial charge on any atom is 0.222 e. The average Bonchev–Trinajstić information content (AvgIpc) is 3.36. The number of aryl methyl sites for hydroxylation is 1. The summed E-state index contributed by atoms with van der Waals surface area (Å²) in [6, 6.07) is 10.7. The van der Waals surface area contributed by atoms with Gasteiger partial charge in [-0.05, 0) is 61.9 Å². The predicted molar refractivity (Wildman–Crippen MR) is 126 cm³/mol. The van der Waals surface area contributed by atoms with Gasteiger partial charge in [0.25, 0.3) is 0 Å². The molecule has 3 heterocycles. The Morgan fingerprint density at radius 3 is 2.94 bits per heavy atom. The third kappa shape index (κ3) is 4.89. The van der Waals surface area contributed by atoms with E-state index in [0.717, 1.165) is 57.9 Å². The first-order chi connectivity index (χ1) is 15.2. The Morgan fingerprint density at radius 1 is 1.29 bits per heavy atom. The summed E-state index contributed by atoms with van der Waals surface area (Å²) in [5.74, 6) is 1.67. The van der Waals surface area contributed by atoms with Crippen LogP contribution in [0.5, 0.6) is 0 Å². The van der Waals surface area contributed by atoms with Crippen molar-refractivity contribution in [2.75, 3.05) is 37.6 Å². The van der Waals surface area contributed by atoms with Gasteiger partial charge in [-0.3, -0.25) is 14.8 Å². The van der Waals surface area contributed by atoms with Crippen LogP contribution in [0.15, 0.2) is 47.7 Å². The number of hydrogen-bond acceptors (Lipinski definition) is 3. The molecule has 1 fully saturated rings. The SMILES string of the molecule is CCNC(=NCCc1ccncc1C)N1CC(CCN2CCCC2=O)c2ccccc21. The highest BCUT2D eigenvalue weighted by Crippen LogP contribution is 2.38. The van der Waals surface area contributed by atoms with Crippen molar-refractivity contribution in [1.82, 2.24) is 15.2 Å². The number of pyridine rings is 1. The Kier molecular flexibility index (Phi) is 6.85. The minimum Gasteiger partial charge on any atom is -0.356 e. The second-order valence-corrected chi connectivity index (χ2v) is 8.43. The number of nitrogens with one attached hydrogen (secondary N) is 1. The number of aliphatic imine (C=N–C) groups is 1. The van der Waals surface area contributed by atoms with E-state index in [1.165, 1.54) is 22.4 Å². The standard InChI is InChI=1S/C25H33N5O/c1-3-27-25(28-14-11-20-10-13-26-17-19(20)2)30-18-21(22-7-4-5-8-23(22)30)12-16-29-15-6-9-24(29)31/h4-5,7-8,10,13,17,21H,3,6,9,11-12,14-16,18H2,1-2H3,(H,27,28). The molecule has 6 nitrogen and oxygen atoms in total. The lowest BCUT2D eigenvalue weighted by Crippen LogP contribution is -2.41. The molecular formula is C25H33N5O. The fourth-order valence-electron chi connectivity index (χ4n) is 4.65. The zero-order valence-corrected chi connectivity index (χ0v) is 18.7. The number of fused-ring (bicyclic) bond motifs is 1. The minimum atomic E-state index is 0.310. The maximum atomic E-state index is 12.0. The van der Waals surface area contributed by atoms with Gasteiger partial charge in [-0.1, -0.05) is 18.2 Å².